The number of ether oxygens (including phenoxy) is 2. The van der Waals surface area contributed by atoms with E-state index < -0.39 is 0 Å². The normalized spacial score (nSPS) is 10.5. The van der Waals surface area contributed by atoms with E-state index in [9.17, 15) is 9.90 Å². The minimum atomic E-state index is -0.370. The van der Waals surface area contributed by atoms with Crippen molar-refractivity contribution in [1.29, 1.82) is 0 Å². The first-order valence-electron chi connectivity index (χ1n) is 8.99. The molecule has 0 radical (unpaired) electrons. The fourth-order valence-corrected chi connectivity index (χ4v) is 3.86. The smallest absolute Gasteiger partial charge is 0.341 e. The Morgan fingerprint density at radius 1 is 1.18 bits per heavy atom. The minimum Gasteiger partial charge on any atom is -0.508 e. The highest BCUT2D eigenvalue weighted by Gasteiger charge is 2.21. The van der Waals surface area contributed by atoms with Crippen LogP contribution in [-0.2, 0) is 11.3 Å². The molecule has 146 valence electrons. The van der Waals surface area contributed by atoms with Crippen molar-refractivity contribution in [1.82, 2.24) is 0 Å². The van der Waals surface area contributed by atoms with Crippen molar-refractivity contribution in [2.45, 2.75) is 20.4 Å². The van der Waals surface area contributed by atoms with E-state index in [2.05, 4.69) is 5.32 Å². The number of phenolic OH excluding ortho intramolecular Hbond substituents is 1. The molecule has 3 rings (SSSR count). The molecule has 6 heteroatoms. The van der Waals surface area contributed by atoms with Crippen LogP contribution in [0.1, 0.15) is 28.4 Å². The quantitative estimate of drug-likeness (QED) is 0.535. The van der Waals surface area contributed by atoms with Gasteiger partial charge in [0, 0.05) is 23.1 Å². The lowest BCUT2D eigenvalue weighted by Crippen LogP contribution is -2.09. The molecule has 1 aromatic heterocycles. The van der Waals surface area contributed by atoms with Crippen LogP contribution < -0.4 is 10.1 Å². The lowest BCUT2D eigenvalue weighted by Gasteiger charge is -2.11. The maximum Gasteiger partial charge on any atom is 0.341 e. The molecule has 0 saturated heterocycles. The molecule has 3 aromatic rings. The van der Waals surface area contributed by atoms with E-state index in [0.717, 1.165) is 28.0 Å². The van der Waals surface area contributed by atoms with Gasteiger partial charge in [-0.25, -0.2) is 4.79 Å². The van der Waals surface area contributed by atoms with Crippen molar-refractivity contribution in [2.75, 3.05) is 19.0 Å². The zero-order valence-corrected chi connectivity index (χ0v) is 16.9. The lowest BCUT2D eigenvalue weighted by molar-refractivity contribution is 0.0529. The molecule has 1 heterocycles. The number of methoxy groups -OCH3 is 1. The standard InChI is InChI=1S/C22H23NO4S/c1-4-27-22(25)20-18(15-6-8-17(26-3)9-7-15)13-28-21(20)23-12-16-11-14(2)5-10-19(16)24/h5-11,13,23-24H,4,12H2,1-3H3. The van der Waals surface area contributed by atoms with Crippen LogP contribution in [0.5, 0.6) is 11.5 Å². The summed E-state index contributed by atoms with van der Waals surface area (Å²) in [5.74, 6) is 0.609. The number of carbonyl (C=O) groups is 1. The van der Waals surface area contributed by atoms with E-state index in [4.69, 9.17) is 9.47 Å². The Morgan fingerprint density at radius 2 is 1.93 bits per heavy atom. The van der Waals surface area contributed by atoms with Gasteiger partial charge in [0.15, 0.2) is 0 Å². The van der Waals surface area contributed by atoms with E-state index in [1.54, 1.807) is 20.1 Å². The number of benzene rings is 2. The van der Waals surface area contributed by atoms with Crippen LogP contribution in [0.25, 0.3) is 11.1 Å². The van der Waals surface area contributed by atoms with Crippen LogP contribution in [0.4, 0.5) is 5.00 Å². The van der Waals surface area contributed by atoms with Gasteiger partial charge in [-0.3, -0.25) is 0 Å². The number of aryl methyl sites for hydroxylation is 1. The van der Waals surface area contributed by atoms with Gasteiger partial charge in [-0.15, -0.1) is 11.3 Å². The number of rotatable bonds is 7. The Labute approximate surface area is 168 Å². The van der Waals surface area contributed by atoms with Gasteiger partial charge in [-0.2, -0.15) is 0 Å². The second-order valence-corrected chi connectivity index (χ2v) is 7.17. The number of aromatic hydroxyl groups is 1. The maximum atomic E-state index is 12.6. The van der Waals surface area contributed by atoms with Crippen LogP contribution >= 0.6 is 11.3 Å². The van der Waals surface area contributed by atoms with Gasteiger partial charge in [0.05, 0.1) is 13.7 Å². The van der Waals surface area contributed by atoms with Crippen LogP contribution in [0.2, 0.25) is 0 Å². The topological polar surface area (TPSA) is 67.8 Å². The van der Waals surface area contributed by atoms with Crippen LogP contribution in [0.15, 0.2) is 47.8 Å². The zero-order valence-electron chi connectivity index (χ0n) is 16.1. The van der Waals surface area contributed by atoms with Gasteiger partial charge in [0.1, 0.15) is 22.1 Å². The van der Waals surface area contributed by atoms with Gasteiger partial charge >= 0.3 is 5.97 Å². The van der Waals surface area contributed by atoms with E-state index in [1.807, 2.05) is 48.7 Å². The third-order valence-electron chi connectivity index (χ3n) is 4.35. The second kappa shape index (κ2) is 8.80. The Morgan fingerprint density at radius 3 is 2.61 bits per heavy atom. The molecule has 0 aliphatic rings. The number of hydrogen-bond donors (Lipinski definition) is 2. The van der Waals surface area contributed by atoms with E-state index in [0.29, 0.717) is 23.7 Å². The van der Waals surface area contributed by atoms with Gasteiger partial charge < -0.3 is 19.9 Å². The predicted molar refractivity (Wildman–Crippen MR) is 112 cm³/mol. The Bertz CT molecular complexity index is 963. The molecule has 0 spiro atoms. The minimum absolute atomic E-state index is 0.225. The molecule has 0 atom stereocenters. The third-order valence-corrected chi connectivity index (χ3v) is 5.28. The fraction of sp³-hybridized carbons (Fsp3) is 0.227. The molecule has 5 nitrogen and oxygen atoms in total. The summed E-state index contributed by atoms with van der Waals surface area (Å²) in [6, 6.07) is 13.0. The molecule has 0 aliphatic carbocycles. The zero-order chi connectivity index (χ0) is 20.1. The van der Waals surface area contributed by atoms with Crippen molar-refractivity contribution in [3.05, 3.63) is 64.5 Å². The molecule has 2 aromatic carbocycles. The van der Waals surface area contributed by atoms with Crippen LogP contribution in [-0.4, -0.2) is 24.8 Å². The Balaban J connectivity index is 1.93. The molecule has 0 aliphatic heterocycles. The molecule has 0 saturated carbocycles. The number of nitrogens with one attached hydrogen (secondary N) is 1. The number of carbonyl (C=O) groups excluding carboxylic acids is 1. The Hall–Kier alpha value is -2.99. The molecule has 2 N–H and O–H groups in total. The molecule has 0 amide bonds. The summed E-state index contributed by atoms with van der Waals surface area (Å²) in [6.07, 6.45) is 0. The summed E-state index contributed by atoms with van der Waals surface area (Å²) in [5.41, 5.74) is 4.05. The monoisotopic (exact) mass is 397 g/mol. The molecule has 0 bridgehead atoms. The average Bonchev–Trinajstić information content (AvgIpc) is 3.13. The SMILES string of the molecule is CCOC(=O)c1c(-c2ccc(OC)cc2)csc1NCc1cc(C)ccc1O. The number of phenols is 1. The highest BCUT2D eigenvalue weighted by molar-refractivity contribution is 7.15. The molecular weight excluding hydrogens is 374 g/mol. The average molecular weight is 397 g/mol. The summed E-state index contributed by atoms with van der Waals surface area (Å²) in [7, 11) is 1.62. The number of esters is 1. The molecule has 28 heavy (non-hydrogen) atoms. The first-order valence-corrected chi connectivity index (χ1v) is 9.86. The van der Waals surface area contributed by atoms with E-state index in [1.165, 1.54) is 11.3 Å². The first-order chi connectivity index (χ1) is 13.5. The second-order valence-electron chi connectivity index (χ2n) is 6.29. The highest BCUT2D eigenvalue weighted by Crippen LogP contribution is 2.37. The van der Waals surface area contributed by atoms with Crippen LogP contribution in [0.3, 0.4) is 0 Å². The molecule has 0 unspecified atom stereocenters. The van der Waals surface area contributed by atoms with Crippen molar-refractivity contribution in [3.8, 4) is 22.6 Å². The number of hydrogen-bond acceptors (Lipinski definition) is 6. The van der Waals surface area contributed by atoms with Crippen LogP contribution in [0, 0.1) is 6.92 Å². The summed E-state index contributed by atoms with van der Waals surface area (Å²) in [4.78, 5) is 12.6. The van der Waals surface area contributed by atoms with Crippen molar-refractivity contribution < 1.29 is 19.4 Å². The van der Waals surface area contributed by atoms with E-state index in [-0.39, 0.29) is 11.7 Å². The van der Waals surface area contributed by atoms with E-state index >= 15 is 0 Å². The van der Waals surface area contributed by atoms with Crippen molar-refractivity contribution >= 4 is 22.3 Å². The summed E-state index contributed by atoms with van der Waals surface area (Å²) in [5, 5.41) is 16.0. The van der Waals surface area contributed by atoms with Gasteiger partial charge in [-0.1, -0.05) is 29.8 Å². The number of thiophene rings is 1. The van der Waals surface area contributed by atoms with Crippen molar-refractivity contribution in [2.24, 2.45) is 0 Å². The predicted octanol–water partition coefficient (Wildman–Crippen LogP) is 5.23. The molecule has 0 fully saturated rings. The summed E-state index contributed by atoms with van der Waals surface area (Å²) in [6.45, 7) is 4.46. The van der Waals surface area contributed by atoms with Crippen molar-refractivity contribution in [3.63, 3.8) is 0 Å². The Kier molecular flexibility index (Phi) is 6.21. The lowest BCUT2D eigenvalue weighted by atomic mass is 10.0. The molecular formula is C22H23NO4S. The largest absolute Gasteiger partial charge is 0.508 e. The third kappa shape index (κ3) is 4.28. The van der Waals surface area contributed by atoms with Gasteiger partial charge in [0.2, 0.25) is 0 Å². The summed E-state index contributed by atoms with van der Waals surface area (Å²) >= 11 is 1.44. The highest BCUT2D eigenvalue weighted by atomic mass is 32.1. The fourth-order valence-electron chi connectivity index (χ4n) is 2.91. The maximum absolute atomic E-state index is 12.6. The summed E-state index contributed by atoms with van der Waals surface area (Å²) < 4.78 is 10.5. The number of anilines is 1. The first kappa shape index (κ1) is 19.8. The van der Waals surface area contributed by atoms with Gasteiger partial charge in [0.25, 0.3) is 0 Å². The van der Waals surface area contributed by atoms with Gasteiger partial charge in [-0.05, 0) is 37.6 Å².